The summed E-state index contributed by atoms with van der Waals surface area (Å²) in [6.45, 7) is 1.92. The molecule has 0 bridgehead atoms. The predicted octanol–water partition coefficient (Wildman–Crippen LogP) is 3.50. The number of thiazole rings is 1. The molecule has 0 aliphatic heterocycles. The van der Waals surface area contributed by atoms with Crippen LogP contribution in [0.2, 0.25) is 0 Å². The Morgan fingerprint density at radius 2 is 2.20 bits per heavy atom. The molecule has 0 fully saturated rings. The molecule has 2 N–H and O–H groups in total. The van der Waals surface area contributed by atoms with Gasteiger partial charge in [-0.05, 0) is 6.92 Å². The van der Waals surface area contributed by atoms with Crippen LogP contribution in [0.1, 0.15) is 22.7 Å². The Labute approximate surface area is 146 Å². The maximum absolute atomic E-state index is 10.6. The molecular formula is C16H14N4O4S. The number of amides is 1. The summed E-state index contributed by atoms with van der Waals surface area (Å²) in [6.07, 6.45) is 0.194. The van der Waals surface area contributed by atoms with Crippen molar-refractivity contribution in [3.05, 3.63) is 64.8 Å². The van der Waals surface area contributed by atoms with Gasteiger partial charge in [0.1, 0.15) is 0 Å². The molecule has 2 aromatic heterocycles. The molecule has 2 heterocycles. The number of nitrogens with one attached hydrogen (secondary N) is 1. The van der Waals surface area contributed by atoms with Crippen molar-refractivity contribution in [2.24, 2.45) is 5.16 Å². The molecule has 0 aliphatic carbocycles. The fourth-order valence-corrected chi connectivity index (χ4v) is 2.72. The van der Waals surface area contributed by atoms with Crippen LogP contribution in [0.4, 0.5) is 9.93 Å². The highest BCUT2D eigenvalue weighted by Crippen LogP contribution is 2.17. The molecule has 0 atom stereocenters. The molecule has 0 spiro atoms. The molecule has 0 saturated heterocycles. The van der Waals surface area contributed by atoms with Crippen LogP contribution in [-0.2, 0) is 11.4 Å². The molecule has 128 valence electrons. The molecule has 3 aromatic rings. The first-order valence-electron chi connectivity index (χ1n) is 7.23. The van der Waals surface area contributed by atoms with E-state index in [-0.39, 0.29) is 11.7 Å². The summed E-state index contributed by atoms with van der Waals surface area (Å²) < 4.78 is 5.42. The molecule has 0 unspecified atom stereocenters. The van der Waals surface area contributed by atoms with E-state index in [0.29, 0.717) is 22.9 Å². The topological polar surface area (TPSA) is 110 Å². The molecule has 1 amide bonds. The van der Waals surface area contributed by atoms with Crippen LogP contribution in [0, 0.1) is 6.92 Å². The van der Waals surface area contributed by atoms with Crippen LogP contribution in [0.15, 0.2) is 51.7 Å². The number of anilines is 1. The van der Waals surface area contributed by atoms with E-state index >= 15 is 0 Å². The number of benzene rings is 1. The van der Waals surface area contributed by atoms with Gasteiger partial charge in [-0.1, -0.05) is 35.5 Å². The Morgan fingerprint density at radius 1 is 1.40 bits per heavy atom. The standard InChI is InChI=1S/C16H14N4O4S/c1-10-14(23-9-17-10)13(11-5-3-2-4-6-11)20-24-7-12-8-25-15(18-12)19-16(21)22/h2-6,8-9H,7H2,1H3,(H,18,19)(H,21,22). The van der Waals surface area contributed by atoms with E-state index in [1.54, 1.807) is 5.38 Å². The van der Waals surface area contributed by atoms with Crippen molar-refractivity contribution < 1.29 is 19.2 Å². The Morgan fingerprint density at radius 3 is 2.88 bits per heavy atom. The Hall–Kier alpha value is -3.20. The van der Waals surface area contributed by atoms with E-state index in [2.05, 4.69) is 20.4 Å². The first-order chi connectivity index (χ1) is 12.1. The van der Waals surface area contributed by atoms with E-state index in [1.165, 1.54) is 17.7 Å². The summed E-state index contributed by atoms with van der Waals surface area (Å²) in [5.41, 5.74) is 2.62. The van der Waals surface area contributed by atoms with Gasteiger partial charge in [-0.2, -0.15) is 0 Å². The van der Waals surface area contributed by atoms with Crippen molar-refractivity contribution in [3.8, 4) is 0 Å². The van der Waals surface area contributed by atoms with Gasteiger partial charge in [0.05, 0.1) is 11.4 Å². The summed E-state index contributed by atoms with van der Waals surface area (Å²) in [6, 6.07) is 9.47. The molecule has 0 aliphatic rings. The van der Waals surface area contributed by atoms with Gasteiger partial charge in [0, 0.05) is 10.9 Å². The quantitative estimate of drug-likeness (QED) is 0.515. The van der Waals surface area contributed by atoms with Gasteiger partial charge in [-0.3, -0.25) is 5.32 Å². The van der Waals surface area contributed by atoms with Crippen LogP contribution in [0.5, 0.6) is 0 Å². The largest absolute Gasteiger partial charge is 0.465 e. The van der Waals surface area contributed by atoms with Crippen molar-refractivity contribution in [2.45, 2.75) is 13.5 Å². The average Bonchev–Trinajstić information content (AvgIpc) is 3.21. The van der Waals surface area contributed by atoms with Crippen molar-refractivity contribution in [3.63, 3.8) is 0 Å². The van der Waals surface area contributed by atoms with E-state index in [4.69, 9.17) is 14.4 Å². The summed E-state index contributed by atoms with van der Waals surface area (Å²) >= 11 is 1.17. The van der Waals surface area contributed by atoms with Crippen molar-refractivity contribution >= 4 is 28.3 Å². The zero-order chi connectivity index (χ0) is 17.6. The van der Waals surface area contributed by atoms with Gasteiger partial charge in [0.2, 0.25) is 0 Å². The van der Waals surface area contributed by atoms with Crippen molar-refractivity contribution in [1.29, 1.82) is 0 Å². The second kappa shape index (κ2) is 7.58. The number of hydrogen-bond donors (Lipinski definition) is 2. The van der Waals surface area contributed by atoms with E-state index in [9.17, 15) is 4.79 Å². The molecule has 8 nitrogen and oxygen atoms in total. The molecule has 0 radical (unpaired) electrons. The highest BCUT2D eigenvalue weighted by molar-refractivity contribution is 7.13. The van der Waals surface area contributed by atoms with Crippen LogP contribution in [0.25, 0.3) is 0 Å². The summed E-state index contributed by atoms with van der Waals surface area (Å²) in [4.78, 5) is 24.2. The second-order valence-corrected chi connectivity index (χ2v) is 5.78. The highest BCUT2D eigenvalue weighted by Gasteiger charge is 2.15. The third kappa shape index (κ3) is 4.21. The number of aromatic nitrogens is 2. The van der Waals surface area contributed by atoms with Crippen LogP contribution < -0.4 is 5.32 Å². The number of carbonyl (C=O) groups is 1. The SMILES string of the molecule is Cc1ncoc1C(=NOCc1csc(NC(=O)O)n1)c1ccccc1. The first kappa shape index (κ1) is 16.7. The Kier molecular flexibility index (Phi) is 5.05. The smallest absolute Gasteiger partial charge is 0.410 e. The van der Waals surface area contributed by atoms with Crippen LogP contribution in [-0.4, -0.2) is 26.9 Å². The number of carboxylic acid groups (broad SMARTS) is 1. The van der Waals surface area contributed by atoms with Gasteiger partial charge in [0.15, 0.2) is 29.6 Å². The lowest BCUT2D eigenvalue weighted by molar-refractivity contribution is 0.128. The van der Waals surface area contributed by atoms with Crippen LogP contribution in [0.3, 0.4) is 0 Å². The fraction of sp³-hybridized carbons (Fsp3) is 0.125. The molecule has 9 heteroatoms. The second-order valence-electron chi connectivity index (χ2n) is 4.92. The maximum atomic E-state index is 10.6. The lowest BCUT2D eigenvalue weighted by Crippen LogP contribution is -2.07. The molecular weight excluding hydrogens is 344 g/mol. The molecule has 25 heavy (non-hydrogen) atoms. The minimum absolute atomic E-state index is 0.0985. The predicted molar refractivity (Wildman–Crippen MR) is 91.9 cm³/mol. The number of rotatable bonds is 6. The van der Waals surface area contributed by atoms with Gasteiger partial charge in [-0.15, -0.1) is 11.3 Å². The normalized spacial score (nSPS) is 11.3. The maximum Gasteiger partial charge on any atom is 0.410 e. The minimum atomic E-state index is -1.16. The third-order valence-corrected chi connectivity index (χ3v) is 3.95. The van der Waals surface area contributed by atoms with Gasteiger partial charge in [0.25, 0.3) is 0 Å². The minimum Gasteiger partial charge on any atom is -0.465 e. The Bertz CT molecular complexity index is 888. The van der Waals surface area contributed by atoms with Crippen molar-refractivity contribution in [1.82, 2.24) is 9.97 Å². The highest BCUT2D eigenvalue weighted by atomic mass is 32.1. The zero-order valence-electron chi connectivity index (χ0n) is 13.2. The molecule has 1 aromatic carbocycles. The number of aryl methyl sites for hydroxylation is 1. The number of oxime groups is 1. The summed E-state index contributed by atoms with van der Waals surface area (Å²) in [7, 11) is 0. The number of oxazole rings is 1. The lowest BCUT2D eigenvalue weighted by Gasteiger charge is -2.04. The monoisotopic (exact) mass is 358 g/mol. The Balaban J connectivity index is 1.77. The summed E-state index contributed by atoms with van der Waals surface area (Å²) in [5, 5.41) is 17.0. The van der Waals surface area contributed by atoms with E-state index in [1.807, 2.05) is 37.3 Å². The third-order valence-electron chi connectivity index (χ3n) is 3.14. The van der Waals surface area contributed by atoms with Gasteiger partial charge in [-0.25, -0.2) is 14.8 Å². The number of nitrogens with zero attached hydrogens (tertiary/aromatic N) is 3. The fourth-order valence-electron chi connectivity index (χ4n) is 2.04. The van der Waals surface area contributed by atoms with Crippen LogP contribution >= 0.6 is 11.3 Å². The van der Waals surface area contributed by atoms with E-state index < -0.39 is 6.09 Å². The molecule has 3 rings (SSSR count). The lowest BCUT2D eigenvalue weighted by atomic mass is 10.1. The van der Waals surface area contributed by atoms with Gasteiger partial charge >= 0.3 is 6.09 Å². The summed E-state index contributed by atoms with van der Waals surface area (Å²) in [5.74, 6) is 0.526. The average molecular weight is 358 g/mol. The zero-order valence-corrected chi connectivity index (χ0v) is 14.0. The molecule has 0 saturated carbocycles. The first-order valence-corrected chi connectivity index (χ1v) is 8.11. The van der Waals surface area contributed by atoms with Gasteiger partial charge < -0.3 is 14.4 Å². The van der Waals surface area contributed by atoms with E-state index in [0.717, 1.165) is 5.56 Å². The van der Waals surface area contributed by atoms with Crippen molar-refractivity contribution in [2.75, 3.05) is 5.32 Å². The number of hydrogen-bond acceptors (Lipinski definition) is 7.